The van der Waals surface area contributed by atoms with Crippen LogP contribution < -0.4 is 15.4 Å². The second-order valence-corrected chi connectivity index (χ2v) is 6.34. The standard InChI is InChI=1S/C20H22N2O3/c1-13-7-10-17(18(11-13)25-2)22-20(24)19(23)21-16-9-8-14-5-3-4-6-15(14)12-16/h3-7,10-11,16H,8-9,12H2,1-2H3,(H,21,23)(H,22,24). The van der Waals surface area contributed by atoms with Gasteiger partial charge in [-0.2, -0.15) is 0 Å². The summed E-state index contributed by atoms with van der Waals surface area (Å²) in [4.78, 5) is 24.4. The molecule has 2 aromatic rings. The van der Waals surface area contributed by atoms with E-state index in [4.69, 9.17) is 4.74 Å². The number of carbonyl (C=O) groups excluding carboxylic acids is 2. The molecule has 0 spiro atoms. The molecule has 5 nitrogen and oxygen atoms in total. The first-order valence-corrected chi connectivity index (χ1v) is 8.40. The maximum atomic E-state index is 12.2. The van der Waals surface area contributed by atoms with Crippen LogP contribution in [0.15, 0.2) is 42.5 Å². The van der Waals surface area contributed by atoms with E-state index in [1.54, 1.807) is 6.07 Å². The van der Waals surface area contributed by atoms with Crippen molar-refractivity contribution in [2.45, 2.75) is 32.2 Å². The molecule has 0 aliphatic heterocycles. The number of nitrogens with one attached hydrogen (secondary N) is 2. The van der Waals surface area contributed by atoms with Crippen LogP contribution in [-0.2, 0) is 22.4 Å². The lowest BCUT2D eigenvalue weighted by molar-refractivity contribution is -0.136. The van der Waals surface area contributed by atoms with Gasteiger partial charge in [0.25, 0.3) is 0 Å². The van der Waals surface area contributed by atoms with Gasteiger partial charge >= 0.3 is 11.8 Å². The molecule has 25 heavy (non-hydrogen) atoms. The number of ether oxygens (including phenoxy) is 1. The smallest absolute Gasteiger partial charge is 0.313 e. The zero-order chi connectivity index (χ0) is 17.8. The largest absolute Gasteiger partial charge is 0.495 e. The summed E-state index contributed by atoms with van der Waals surface area (Å²) >= 11 is 0. The molecule has 0 saturated heterocycles. The first kappa shape index (κ1) is 17.0. The third-order valence-electron chi connectivity index (χ3n) is 4.49. The van der Waals surface area contributed by atoms with Crippen molar-refractivity contribution in [3.05, 3.63) is 59.2 Å². The number of hydrogen-bond acceptors (Lipinski definition) is 3. The Balaban J connectivity index is 1.61. The van der Waals surface area contributed by atoms with Gasteiger partial charge in [-0.05, 0) is 55.0 Å². The van der Waals surface area contributed by atoms with Gasteiger partial charge < -0.3 is 15.4 Å². The van der Waals surface area contributed by atoms with Crippen LogP contribution in [0.2, 0.25) is 0 Å². The number of methoxy groups -OCH3 is 1. The Hall–Kier alpha value is -2.82. The molecule has 130 valence electrons. The van der Waals surface area contributed by atoms with Crippen molar-refractivity contribution in [2.24, 2.45) is 0 Å². The Kier molecular flexibility index (Phi) is 5.03. The fourth-order valence-corrected chi connectivity index (χ4v) is 3.15. The number of hydrogen-bond donors (Lipinski definition) is 2. The normalized spacial score (nSPS) is 15.8. The molecule has 1 aliphatic rings. The molecule has 2 N–H and O–H groups in total. The van der Waals surface area contributed by atoms with Crippen molar-refractivity contribution >= 4 is 17.5 Å². The van der Waals surface area contributed by atoms with E-state index < -0.39 is 11.8 Å². The number of amides is 2. The molecule has 0 radical (unpaired) electrons. The Morgan fingerprint density at radius 1 is 1.08 bits per heavy atom. The maximum absolute atomic E-state index is 12.2. The first-order valence-electron chi connectivity index (χ1n) is 8.40. The molecule has 2 amide bonds. The third-order valence-corrected chi connectivity index (χ3v) is 4.49. The van der Waals surface area contributed by atoms with Gasteiger partial charge in [-0.1, -0.05) is 30.3 Å². The Labute approximate surface area is 147 Å². The van der Waals surface area contributed by atoms with Crippen LogP contribution in [-0.4, -0.2) is 25.0 Å². The minimum absolute atomic E-state index is 0.0203. The number of aryl methyl sites for hydroxylation is 2. The van der Waals surface area contributed by atoms with Crippen molar-refractivity contribution in [2.75, 3.05) is 12.4 Å². The highest BCUT2D eigenvalue weighted by molar-refractivity contribution is 6.39. The molecule has 0 aromatic heterocycles. The van der Waals surface area contributed by atoms with Gasteiger partial charge in [0, 0.05) is 6.04 Å². The van der Waals surface area contributed by atoms with E-state index in [2.05, 4.69) is 22.8 Å². The molecule has 2 aromatic carbocycles. The van der Waals surface area contributed by atoms with Crippen molar-refractivity contribution in [3.63, 3.8) is 0 Å². The first-order chi connectivity index (χ1) is 12.1. The van der Waals surface area contributed by atoms with Crippen LogP contribution in [0.3, 0.4) is 0 Å². The highest BCUT2D eigenvalue weighted by Gasteiger charge is 2.23. The van der Waals surface area contributed by atoms with Crippen LogP contribution in [0.25, 0.3) is 0 Å². The highest BCUT2D eigenvalue weighted by Crippen LogP contribution is 2.25. The summed E-state index contributed by atoms with van der Waals surface area (Å²) in [5, 5.41) is 5.46. The fourth-order valence-electron chi connectivity index (χ4n) is 3.15. The molecule has 0 heterocycles. The number of benzene rings is 2. The summed E-state index contributed by atoms with van der Waals surface area (Å²) < 4.78 is 5.25. The average Bonchev–Trinajstić information content (AvgIpc) is 2.62. The van der Waals surface area contributed by atoms with E-state index in [-0.39, 0.29) is 6.04 Å². The predicted molar refractivity (Wildman–Crippen MR) is 96.8 cm³/mol. The maximum Gasteiger partial charge on any atom is 0.313 e. The summed E-state index contributed by atoms with van der Waals surface area (Å²) in [6.07, 6.45) is 2.50. The minimum Gasteiger partial charge on any atom is -0.495 e. The Bertz CT molecular complexity index is 801. The Morgan fingerprint density at radius 2 is 1.84 bits per heavy atom. The second kappa shape index (κ2) is 7.38. The number of fused-ring (bicyclic) bond motifs is 1. The van der Waals surface area contributed by atoms with E-state index in [9.17, 15) is 9.59 Å². The predicted octanol–water partition coefficient (Wildman–Crippen LogP) is 2.62. The van der Waals surface area contributed by atoms with Crippen molar-refractivity contribution in [1.82, 2.24) is 5.32 Å². The molecule has 1 aliphatic carbocycles. The quantitative estimate of drug-likeness (QED) is 0.846. The van der Waals surface area contributed by atoms with Gasteiger partial charge in [-0.3, -0.25) is 9.59 Å². The average molecular weight is 338 g/mol. The van der Waals surface area contributed by atoms with E-state index >= 15 is 0 Å². The molecular weight excluding hydrogens is 316 g/mol. The minimum atomic E-state index is -0.680. The van der Waals surface area contributed by atoms with Crippen molar-refractivity contribution < 1.29 is 14.3 Å². The van der Waals surface area contributed by atoms with Crippen LogP contribution in [0.4, 0.5) is 5.69 Å². The van der Waals surface area contributed by atoms with Gasteiger partial charge in [0.1, 0.15) is 5.75 Å². The summed E-state index contributed by atoms with van der Waals surface area (Å²) in [6, 6.07) is 13.6. The number of anilines is 1. The molecule has 0 bridgehead atoms. The molecule has 1 unspecified atom stereocenters. The van der Waals surface area contributed by atoms with Crippen LogP contribution in [0.1, 0.15) is 23.1 Å². The molecule has 5 heteroatoms. The van der Waals surface area contributed by atoms with Crippen LogP contribution in [0, 0.1) is 6.92 Å². The molecular formula is C20H22N2O3. The SMILES string of the molecule is COc1cc(C)ccc1NC(=O)C(=O)NC1CCc2ccccc2C1. The highest BCUT2D eigenvalue weighted by atomic mass is 16.5. The summed E-state index contributed by atoms with van der Waals surface area (Å²) in [5.41, 5.74) is 4.06. The second-order valence-electron chi connectivity index (χ2n) is 6.34. The van der Waals surface area contributed by atoms with Crippen molar-refractivity contribution in [1.29, 1.82) is 0 Å². The van der Waals surface area contributed by atoms with Gasteiger partial charge in [0.2, 0.25) is 0 Å². The Morgan fingerprint density at radius 3 is 2.60 bits per heavy atom. The number of rotatable bonds is 3. The van der Waals surface area contributed by atoms with Crippen molar-refractivity contribution in [3.8, 4) is 5.75 Å². The lowest BCUT2D eigenvalue weighted by Crippen LogP contribution is -2.44. The van der Waals surface area contributed by atoms with E-state index in [0.717, 1.165) is 24.8 Å². The monoisotopic (exact) mass is 338 g/mol. The zero-order valence-electron chi connectivity index (χ0n) is 14.5. The van der Waals surface area contributed by atoms with E-state index in [0.29, 0.717) is 11.4 Å². The van der Waals surface area contributed by atoms with Gasteiger partial charge in [0.05, 0.1) is 12.8 Å². The third kappa shape index (κ3) is 3.99. The number of carbonyl (C=O) groups is 2. The molecule has 3 rings (SSSR count). The van der Waals surface area contributed by atoms with E-state index in [1.807, 2.05) is 31.2 Å². The fraction of sp³-hybridized carbons (Fsp3) is 0.300. The van der Waals surface area contributed by atoms with Crippen LogP contribution >= 0.6 is 0 Å². The van der Waals surface area contributed by atoms with Crippen LogP contribution in [0.5, 0.6) is 5.75 Å². The molecule has 0 saturated carbocycles. The molecule has 0 fully saturated rings. The van der Waals surface area contributed by atoms with E-state index in [1.165, 1.54) is 18.2 Å². The lowest BCUT2D eigenvalue weighted by Gasteiger charge is -2.25. The van der Waals surface area contributed by atoms with Gasteiger partial charge in [-0.15, -0.1) is 0 Å². The molecule has 1 atom stereocenters. The summed E-state index contributed by atoms with van der Waals surface area (Å²) in [7, 11) is 1.53. The van der Waals surface area contributed by atoms with Gasteiger partial charge in [-0.25, -0.2) is 0 Å². The summed E-state index contributed by atoms with van der Waals surface area (Å²) in [5.74, 6) is -0.763. The zero-order valence-corrected chi connectivity index (χ0v) is 14.5. The van der Waals surface area contributed by atoms with Gasteiger partial charge in [0.15, 0.2) is 0 Å². The summed E-state index contributed by atoms with van der Waals surface area (Å²) in [6.45, 7) is 1.93. The topological polar surface area (TPSA) is 67.4 Å². The lowest BCUT2D eigenvalue weighted by atomic mass is 9.88.